The van der Waals surface area contributed by atoms with Crippen LogP contribution in [0.1, 0.15) is 48.9 Å². The lowest BCUT2D eigenvalue weighted by atomic mass is 9.88. The number of carbonyl (C=O) groups is 1. The Morgan fingerprint density at radius 2 is 1.27 bits per heavy atom. The van der Waals surface area contributed by atoms with E-state index in [0.29, 0.717) is 17.4 Å². The highest BCUT2D eigenvalue weighted by atomic mass is 16.5. The molecule has 0 heterocycles. The number of amides is 1. The zero-order valence-corrected chi connectivity index (χ0v) is 20.0. The minimum Gasteiger partial charge on any atom is -0.497 e. The predicted octanol–water partition coefficient (Wildman–Crippen LogP) is 5.75. The minimum atomic E-state index is -0.433. The molecule has 0 bridgehead atoms. The second-order valence-corrected chi connectivity index (χ2v) is 8.38. The maximum atomic E-state index is 13.8. The molecule has 3 rings (SSSR count). The Balaban J connectivity index is 2.03. The summed E-state index contributed by atoms with van der Waals surface area (Å²) in [6, 6.07) is 22.8. The van der Waals surface area contributed by atoms with Crippen LogP contribution in [-0.2, 0) is 4.79 Å². The third kappa shape index (κ3) is 5.86. The van der Waals surface area contributed by atoms with Crippen molar-refractivity contribution in [2.45, 2.75) is 32.2 Å². The maximum absolute atomic E-state index is 13.8. The van der Waals surface area contributed by atoms with Crippen LogP contribution in [0.25, 0.3) is 0 Å². The van der Waals surface area contributed by atoms with Gasteiger partial charge in [-0.25, -0.2) is 0 Å². The Hall–Kier alpha value is -3.47. The fourth-order valence-electron chi connectivity index (χ4n) is 4.08. The molecule has 0 fully saturated rings. The summed E-state index contributed by atoms with van der Waals surface area (Å²) in [5.74, 6) is 2.18. The van der Waals surface area contributed by atoms with Crippen molar-refractivity contribution in [3.63, 3.8) is 0 Å². The number of hydrogen-bond donors (Lipinski definition) is 1. The van der Waals surface area contributed by atoms with Gasteiger partial charge < -0.3 is 19.5 Å². The number of rotatable bonds is 10. The monoisotopic (exact) mass is 447 g/mol. The highest BCUT2D eigenvalue weighted by Crippen LogP contribution is 2.36. The first-order valence-corrected chi connectivity index (χ1v) is 11.2. The molecular weight excluding hydrogens is 414 g/mol. The third-order valence-corrected chi connectivity index (χ3v) is 5.73. The molecule has 1 atom stereocenters. The zero-order valence-electron chi connectivity index (χ0n) is 20.0. The molecule has 0 saturated carbocycles. The molecule has 0 aliphatic rings. The van der Waals surface area contributed by atoms with E-state index in [2.05, 4.69) is 19.2 Å². The fraction of sp³-hybridized carbons (Fsp3) is 0.321. The van der Waals surface area contributed by atoms with Crippen LogP contribution >= 0.6 is 0 Å². The molecule has 5 heteroatoms. The van der Waals surface area contributed by atoms with Gasteiger partial charge in [0.1, 0.15) is 17.2 Å². The van der Waals surface area contributed by atoms with Gasteiger partial charge >= 0.3 is 0 Å². The van der Waals surface area contributed by atoms with Gasteiger partial charge in [0.05, 0.1) is 33.3 Å². The number of para-hydroxylation sites is 2. The molecule has 33 heavy (non-hydrogen) atoms. The molecule has 3 aromatic rings. The number of nitrogens with one attached hydrogen (secondary N) is 1. The highest BCUT2D eigenvalue weighted by molar-refractivity contribution is 5.84. The number of benzene rings is 3. The van der Waals surface area contributed by atoms with Gasteiger partial charge in [-0.15, -0.1) is 0 Å². The van der Waals surface area contributed by atoms with Crippen molar-refractivity contribution in [2.24, 2.45) is 5.92 Å². The van der Waals surface area contributed by atoms with E-state index in [4.69, 9.17) is 14.2 Å². The lowest BCUT2D eigenvalue weighted by Crippen LogP contribution is -2.34. The minimum absolute atomic E-state index is 0.0457. The van der Waals surface area contributed by atoms with Crippen LogP contribution in [0.2, 0.25) is 0 Å². The molecule has 1 amide bonds. The lowest BCUT2D eigenvalue weighted by Gasteiger charge is -2.27. The lowest BCUT2D eigenvalue weighted by molar-refractivity contribution is -0.123. The van der Waals surface area contributed by atoms with Crippen molar-refractivity contribution < 1.29 is 19.0 Å². The molecule has 1 N–H and O–H groups in total. The first-order valence-electron chi connectivity index (χ1n) is 11.2. The van der Waals surface area contributed by atoms with Crippen molar-refractivity contribution in [2.75, 3.05) is 21.3 Å². The van der Waals surface area contributed by atoms with E-state index < -0.39 is 6.04 Å². The van der Waals surface area contributed by atoms with Crippen molar-refractivity contribution in [3.8, 4) is 17.2 Å². The van der Waals surface area contributed by atoms with E-state index in [9.17, 15) is 4.79 Å². The molecule has 0 saturated heterocycles. The van der Waals surface area contributed by atoms with Crippen LogP contribution in [0.5, 0.6) is 17.2 Å². The van der Waals surface area contributed by atoms with Gasteiger partial charge in [0, 0.05) is 11.1 Å². The molecule has 0 aromatic heterocycles. The average molecular weight is 448 g/mol. The van der Waals surface area contributed by atoms with Crippen LogP contribution in [0.4, 0.5) is 0 Å². The van der Waals surface area contributed by atoms with E-state index in [-0.39, 0.29) is 11.8 Å². The van der Waals surface area contributed by atoms with Crippen molar-refractivity contribution in [1.82, 2.24) is 5.32 Å². The molecule has 0 unspecified atom stereocenters. The first-order chi connectivity index (χ1) is 16.0. The maximum Gasteiger partial charge on any atom is 0.228 e. The smallest absolute Gasteiger partial charge is 0.228 e. The van der Waals surface area contributed by atoms with Crippen LogP contribution in [0.3, 0.4) is 0 Å². The molecule has 3 aromatic carbocycles. The Morgan fingerprint density at radius 1 is 0.758 bits per heavy atom. The van der Waals surface area contributed by atoms with Crippen molar-refractivity contribution in [1.29, 1.82) is 0 Å². The third-order valence-electron chi connectivity index (χ3n) is 5.73. The SMILES string of the molecule is COc1ccc([C@@H](CC(C)C)C(=O)NC(c2ccccc2OC)c2ccccc2OC)cc1. The number of carbonyl (C=O) groups excluding carboxylic acids is 1. The van der Waals surface area contributed by atoms with E-state index in [0.717, 1.165) is 28.9 Å². The molecule has 0 aliphatic heterocycles. The molecule has 0 radical (unpaired) electrons. The van der Waals surface area contributed by atoms with Crippen LogP contribution < -0.4 is 19.5 Å². The first kappa shape index (κ1) is 24.2. The van der Waals surface area contributed by atoms with Crippen LogP contribution in [0.15, 0.2) is 72.8 Å². The molecule has 5 nitrogen and oxygen atoms in total. The summed E-state index contributed by atoms with van der Waals surface area (Å²) in [5.41, 5.74) is 2.70. The second-order valence-electron chi connectivity index (χ2n) is 8.38. The molecule has 0 spiro atoms. The van der Waals surface area contributed by atoms with Gasteiger partial charge in [-0.1, -0.05) is 62.4 Å². The van der Waals surface area contributed by atoms with Crippen molar-refractivity contribution >= 4 is 5.91 Å². The fourth-order valence-corrected chi connectivity index (χ4v) is 4.08. The molecule has 174 valence electrons. The number of methoxy groups -OCH3 is 3. The average Bonchev–Trinajstić information content (AvgIpc) is 2.85. The van der Waals surface area contributed by atoms with Gasteiger partial charge in [-0.3, -0.25) is 4.79 Å². The van der Waals surface area contributed by atoms with Gasteiger partial charge in [0.25, 0.3) is 0 Å². The second kappa shape index (κ2) is 11.4. The summed E-state index contributed by atoms with van der Waals surface area (Å²) in [6.07, 6.45) is 0.725. The standard InChI is InChI=1S/C28H33NO4/c1-19(2)18-24(20-14-16-21(31-3)17-15-20)28(30)29-27(22-10-6-8-12-25(22)32-4)23-11-7-9-13-26(23)33-5/h6-17,19,24,27H,18H2,1-5H3,(H,29,30)/t24-/m1/s1. The summed E-state index contributed by atoms with van der Waals surface area (Å²) in [6.45, 7) is 4.25. The van der Waals surface area contributed by atoms with Gasteiger partial charge in [0.15, 0.2) is 0 Å². The number of ether oxygens (including phenoxy) is 3. The summed E-state index contributed by atoms with van der Waals surface area (Å²) in [4.78, 5) is 13.8. The summed E-state index contributed by atoms with van der Waals surface area (Å²) < 4.78 is 16.6. The van der Waals surface area contributed by atoms with E-state index in [1.807, 2.05) is 72.8 Å². The predicted molar refractivity (Wildman–Crippen MR) is 131 cm³/mol. The summed E-state index contributed by atoms with van der Waals surface area (Å²) in [5, 5.41) is 3.30. The highest BCUT2D eigenvalue weighted by Gasteiger charge is 2.28. The van der Waals surface area contributed by atoms with Crippen LogP contribution in [-0.4, -0.2) is 27.2 Å². The number of hydrogen-bond acceptors (Lipinski definition) is 4. The topological polar surface area (TPSA) is 56.8 Å². The Kier molecular flexibility index (Phi) is 8.36. The normalized spacial score (nSPS) is 11.8. The van der Waals surface area contributed by atoms with Crippen LogP contribution in [0, 0.1) is 5.92 Å². The summed E-state index contributed by atoms with van der Waals surface area (Å²) in [7, 11) is 4.91. The largest absolute Gasteiger partial charge is 0.497 e. The quantitative estimate of drug-likeness (QED) is 0.430. The van der Waals surface area contributed by atoms with Gasteiger partial charge in [-0.05, 0) is 42.2 Å². The van der Waals surface area contributed by atoms with Gasteiger partial charge in [-0.2, -0.15) is 0 Å². The van der Waals surface area contributed by atoms with Gasteiger partial charge in [0.2, 0.25) is 5.91 Å². The zero-order chi connectivity index (χ0) is 23.8. The molecular formula is C28H33NO4. The summed E-state index contributed by atoms with van der Waals surface area (Å²) >= 11 is 0. The van der Waals surface area contributed by atoms with E-state index in [1.54, 1.807) is 21.3 Å². The van der Waals surface area contributed by atoms with E-state index in [1.165, 1.54) is 0 Å². The Morgan fingerprint density at radius 3 is 1.73 bits per heavy atom. The van der Waals surface area contributed by atoms with Crippen molar-refractivity contribution in [3.05, 3.63) is 89.5 Å². The Labute approximate surface area is 196 Å². The van der Waals surface area contributed by atoms with E-state index >= 15 is 0 Å². The Bertz CT molecular complexity index is 998. The molecule has 0 aliphatic carbocycles.